The van der Waals surface area contributed by atoms with Gasteiger partial charge in [-0.05, 0) is 30.4 Å². The summed E-state index contributed by atoms with van der Waals surface area (Å²) in [4.78, 5) is 32.9. The third-order valence-electron chi connectivity index (χ3n) is 6.32. The van der Waals surface area contributed by atoms with Gasteiger partial charge in [0.25, 0.3) is 5.91 Å². The van der Waals surface area contributed by atoms with Crippen LogP contribution < -0.4 is 5.56 Å². The summed E-state index contributed by atoms with van der Waals surface area (Å²) in [5.41, 5.74) is 2.32. The molecule has 3 aromatic rings. The Hall–Kier alpha value is -2.92. The molecule has 2 bridgehead atoms. The highest BCUT2D eigenvalue weighted by Gasteiger charge is 2.36. The van der Waals surface area contributed by atoms with Crippen molar-refractivity contribution in [1.82, 2.24) is 14.8 Å². The van der Waals surface area contributed by atoms with Gasteiger partial charge < -0.3 is 9.88 Å². The van der Waals surface area contributed by atoms with Crippen LogP contribution >= 0.6 is 0 Å². The zero-order chi connectivity index (χ0) is 19.8. The number of hydrogen-bond acceptors (Lipinski definition) is 3. The van der Waals surface area contributed by atoms with E-state index in [-0.39, 0.29) is 11.5 Å². The fourth-order valence-electron chi connectivity index (χ4n) is 4.91. The summed E-state index contributed by atoms with van der Waals surface area (Å²) in [7, 11) is 0. The molecule has 2 aromatic carbocycles. The van der Waals surface area contributed by atoms with E-state index >= 15 is 0 Å². The van der Waals surface area contributed by atoms with Gasteiger partial charge in [0.1, 0.15) is 0 Å². The van der Waals surface area contributed by atoms with E-state index < -0.39 is 0 Å². The summed E-state index contributed by atoms with van der Waals surface area (Å²) in [5.74, 6) is 0.459. The number of carbonyl (C=O) groups is 1. The smallest absolute Gasteiger partial charge is 0.254 e. The minimum Gasteiger partial charge on any atom is -0.337 e. The summed E-state index contributed by atoms with van der Waals surface area (Å²) in [6, 6.07) is 19.9. The number of piperidine rings is 1. The van der Waals surface area contributed by atoms with E-state index in [9.17, 15) is 9.59 Å². The van der Waals surface area contributed by atoms with Gasteiger partial charge in [-0.1, -0.05) is 48.5 Å². The van der Waals surface area contributed by atoms with E-state index in [1.165, 1.54) is 11.6 Å². The SMILES string of the molecule is O=C(c1cc(=O)[nH]c2ccccc12)N1C[C@H]2CC[C@@H](C1)N(Cc1ccccc1)C2. The predicted octanol–water partition coefficient (Wildman–Crippen LogP) is 3.26. The molecule has 3 aliphatic heterocycles. The number of pyridine rings is 1. The molecule has 1 amide bonds. The van der Waals surface area contributed by atoms with Crippen molar-refractivity contribution >= 4 is 16.8 Å². The van der Waals surface area contributed by atoms with Crippen molar-refractivity contribution in [3.8, 4) is 0 Å². The van der Waals surface area contributed by atoms with Crippen LogP contribution in [0.15, 0.2) is 65.5 Å². The van der Waals surface area contributed by atoms with E-state index in [1.54, 1.807) is 0 Å². The van der Waals surface area contributed by atoms with Gasteiger partial charge in [-0.3, -0.25) is 14.5 Å². The van der Waals surface area contributed by atoms with Crippen LogP contribution in [0.2, 0.25) is 0 Å². The van der Waals surface area contributed by atoms with E-state index in [4.69, 9.17) is 0 Å². The molecular formula is C24H25N3O2. The van der Waals surface area contributed by atoms with Crippen molar-refractivity contribution in [2.24, 2.45) is 5.92 Å². The zero-order valence-electron chi connectivity index (χ0n) is 16.4. The number of rotatable bonds is 3. The molecule has 5 heteroatoms. The third-order valence-corrected chi connectivity index (χ3v) is 6.32. The molecule has 3 fully saturated rings. The van der Waals surface area contributed by atoms with Crippen molar-refractivity contribution in [1.29, 1.82) is 0 Å². The number of fused-ring (bicyclic) bond motifs is 5. The topological polar surface area (TPSA) is 56.4 Å². The fraction of sp³-hybridized carbons (Fsp3) is 0.333. The molecule has 0 saturated carbocycles. The third kappa shape index (κ3) is 3.58. The Labute approximate surface area is 170 Å². The average molecular weight is 387 g/mol. The number of benzene rings is 2. The molecule has 0 radical (unpaired) electrons. The van der Waals surface area contributed by atoms with Crippen LogP contribution in [0.3, 0.4) is 0 Å². The Kier molecular flexibility index (Phi) is 4.68. The van der Waals surface area contributed by atoms with Crippen LogP contribution in [0.5, 0.6) is 0 Å². The average Bonchev–Trinajstić information content (AvgIpc) is 3.05. The molecular weight excluding hydrogens is 362 g/mol. The number of aromatic nitrogens is 1. The van der Waals surface area contributed by atoms with Crippen LogP contribution in [0.4, 0.5) is 0 Å². The Morgan fingerprint density at radius 2 is 1.76 bits per heavy atom. The monoisotopic (exact) mass is 387 g/mol. The quantitative estimate of drug-likeness (QED) is 0.751. The number of nitrogens with zero attached hydrogens (tertiary/aromatic N) is 2. The van der Waals surface area contributed by atoms with Crippen LogP contribution in [0.25, 0.3) is 10.9 Å². The lowest BCUT2D eigenvalue weighted by molar-refractivity contribution is 0.0737. The van der Waals surface area contributed by atoms with E-state index in [2.05, 4.69) is 34.1 Å². The predicted molar refractivity (Wildman–Crippen MR) is 114 cm³/mol. The minimum atomic E-state index is -0.226. The first-order valence-corrected chi connectivity index (χ1v) is 10.4. The number of aromatic amines is 1. The van der Waals surface area contributed by atoms with Gasteiger partial charge in [-0.25, -0.2) is 0 Å². The summed E-state index contributed by atoms with van der Waals surface area (Å²) < 4.78 is 0. The Morgan fingerprint density at radius 3 is 2.62 bits per heavy atom. The second kappa shape index (κ2) is 7.48. The molecule has 0 spiro atoms. The van der Waals surface area contributed by atoms with Gasteiger partial charge >= 0.3 is 0 Å². The molecule has 1 aromatic heterocycles. The lowest BCUT2D eigenvalue weighted by Gasteiger charge is -2.36. The second-order valence-corrected chi connectivity index (χ2v) is 8.32. The largest absolute Gasteiger partial charge is 0.337 e. The lowest BCUT2D eigenvalue weighted by atomic mass is 9.94. The van der Waals surface area contributed by atoms with Gasteiger partial charge in [0.15, 0.2) is 0 Å². The standard InChI is InChI=1S/C24H25N3O2/c28-23-12-21(20-8-4-5-9-22(20)25-23)24(29)27-15-18-10-11-19(16-27)26(14-18)13-17-6-2-1-3-7-17/h1-9,12,18-19H,10-11,13-16H2,(H,25,28)/t18-,19-/m0/s1. The molecule has 29 heavy (non-hydrogen) atoms. The number of amides is 1. The zero-order valence-corrected chi connectivity index (χ0v) is 16.4. The molecule has 3 saturated heterocycles. The van der Waals surface area contributed by atoms with Crippen LogP contribution in [0, 0.1) is 5.92 Å². The summed E-state index contributed by atoms with van der Waals surface area (Å²) in [6.07, 6.45) is 2.28. The molecule has 1 N–H and O–H groups in total. The normalized spacial score (nSPS) is 22.0. The number of H-pyrrole nitrogens is 1. The number of hydrogen-bond donors (Lipinski definition) is 1. The molecule has 2 atom stereocenters. The molecule has 3 aliphatic rings. The Morgan fingerprint density at radius 1 is 0.966 bits per heavy atom. The number of para-hydroxylation sites is 1. The van der Waals surface area contributed by atoms with E-state index in [0.717, 1.165) is 44.4 Å². The molecule has 148 valence electrons. The molecule has 6 rings (SSSR count). The maximum Gasteiger partial charge on any atom is 0.254 e. The first-order valence-electron chi connectivity index (χ1n) is 10.4. The maximum atomic E-state index is 13.5. The van der Waals surface area contributed by atoms with E-state index in [1.807, 2.05) is 35.2 Å². The van der Waals surface area contributed by atoms with Crippen molar-refractivity contribution < 1.29 is 4.79 Å². The van der Waals surface area contributed by atoms with Crippen LogP contribution in [-0.2, 0) is 6.54 Å². The van der Waals surface area contributed by atoms with Gasteiger partial charge in [0.05, 0.1) is 5.56 Å². The van der Waals surface area contributed by atoms with Gasteiger partial charge in [-0.2, -0.15) is 0 Å². The molecule has 5 nitrogen and oxygen atoms in total. The number of carbonyl (C=O) groups excluding carboxylic acids is 1. The van der Waals surface area contributed by atoms with Gasteiger partial charge in [0, 0.05) is 49.2 Å². The van der Waals surface area contributed by atoms with E-state index in [0.29, 0.717) is 23.0 Å². The van der Waals surface area contributed by atoms with Crippen LogP contribution in [0.1, 0.15) is 28.8 Å². The minimum absolute atomic E-state index is 0.0224. The Balaban J connectivity index is 1.42. The van der Waals surface area contributed by atoms with Crippen molar-refractivity contribution in [3.05, 3.63) is 82.1 Å². The fourth-order valence-corrected chi connectivity index (χ4v) is 4.91. The Bertz CT molecular complexity index is 1090. The molecule has 0 aliphatic carbocycles. The highest BCUT2D eigenvalue weighted by Crippen LogP contribution is 2.30. The molecule has 0 unspecified atom stereocenters. The van der Waals surface area contributed by atoms with Crippen LogP contribution in [-0.4, -0.2) is 46.4 Å². The van der Waals surface area contributed by atoms with Crippen molar-refractivity contribution in [2.75, 3.05) is 19.6 Å². The lowest BCUT2D eigenvalue weighted by Crippen LogP contribution is -2.44. The first kappa shape index (κ1) is 18.1. The summed E-state index contributed by atoms with van der Waals surface area (Å²) in [5, 5.41) is 0.815. The second-order valence-electron chi connectivity index (χ2n) is 8.32. The summed E-state index contributed by atoms with van der Waals surface area (Å²) >= 11 is 0. The van der Waals surface area contributed by atoms with Crippen molar-refractivity contribution in [3.63, 3.8) is 0 Å². The highest BCUT2D eigenvalue weighted by molar-refractivity contribution is 6.06. The summed E-state index contributed by atoms with van der Waals surface area (Å²) in [6.45, 7) is 3.45. The van der Waals surface area contributed by atoms with Gasteiger partial charge in [-0.15, -0.1) is 0 Å². The number of nitrogens with one attached hydrogen (secondary N) is 1. The highest BCUT2D eigenvalue weighted by atomic mass is 16.2. The first-order chi connectivity index (χ1) is 14.2. The molecule has 4 heterocycles. The van der Waals surface area contributed by atoms with Gasteiger partial charge in [0.2, 0.25) is 5.56 Å². The maximum absolute atomic E-state index is 13.5. The van der Waals surface area contributed by atoms with Crippen molar-refractivity contribution in [2.45, 2.75) is 25.4 Å².